The molecule has 1 N–H and O–H groups in total. The normalized spacial score (nSPS) is 10.5. The van der Waals surface area contributed by atoms with Gasteiger partial charge in [-0.1, -0.05) is 11.6 Å². The van der Waals surface area contributed by atoms with Crippen molar-refractivity contribution in [3.05, 3.63) is 28.8 Å². The van der Waals surface area contributed by atoms with Crippen LogP contribution in [-0.2, 0) is 16.1 Å². The maximum atomic E-state index is 11.5. The molecule has 0 fully saturated rings. The predicted octanol–water partition coefficient (Wildman–Crippen LogP) is 1.93. The molecule has 0 radical (unpaired) electrons. The lowest BCUT2D eigenvalue weighted by molar-refractivity contribution is -0.129. The van der Waals surface area contributed by atoms with Crippen molar-refractivity contribution in [2.24, 2.45) is 0 Å². The number of carbonyl (C=O) groups is 1. The highest BCUT2D eigenvalue weighted by molar-refractivity contribution is 6.30. The van der Waals surface area contributed by atoms with Gasteiger partial charge in [0.2, 0.25) is 5.91 Å². The summed E-state index contributed by atoms with van der Waals surface area (Å²) in [7, 11) is 5.13. The molecular formula is C15H23ClN2O3. The maximum absolute atomic E-state index is 11.5. The van der Waals surface area contributed by atoms with Crippen LogP contribution in [0, 0.1) is 0 Å². The molecule has 1 aromatic carbocycles. The summed E-state index contributed by atoms with van der Waals surface area (Å²) in [6, 6.07) is 5.48. The van der Waals surface area contributed by atoms with Gasteiger partial charge in [0.1, 0.15) is 5.75 Å². The van der Waals surface area contributed by atoms with Crippen LogP contribution in [-0.4, -0.2) is 51.8 Å². The lowest BCUT2D eigenvalue weighted by Crippen LogP contribution is -2.23. The van der Waals surface area contributed by atoms with Crippen molar-refractivity contribution < 1.29 is 14.3 Å². The second-order valence-corrected chi connectivity index (χ2v) is 5.24. The van der Waals surface area contributed by atoms with Gasteiger partial charge in [-0.2, -0.15) is 0 Å². The Balaban J connectivity index is 2.53. The Bertz CT molecular complexity index is 453. The van der Waals surface area contributed by atoms with Gasteiger partial charge in [0.05, 0.1) is 19.6 Å². The number of rotatable bonds is 9. The molecular weight excluding hydrogens is 292 g/mol. The number of carbonyl (C=O) groups excluding carboxylic acids is 1. The number of methoxy groups -OCH3 is 1. The van der Waals surface area contributed by atoms with Gasteiger partial charge in [-0.05, 0) is 18.2 Å². The number of hydrogen-bond donors (Lipinski definition) is 1. The number of nitrogens with zero attached hydrogens (tertiary/aromatic N) is 1. The van der Waals surface area contributed by atoms with Crippen molar-refractivity contribution in [3.63, 3.8) is 0 Å². The number of amides is 1. The molecule has 1 amide bonds. The summed E-state index contributed by atoms with van der Waals surface area (Å²) in [5, 5.41) is 3.91. The SMILES string of the molecule is COCCNCc1cc(Cl)ccc1OCCC(=O)N(C)C. The molecule has 0 saturated carbocycles. The molecule has 1 rings (SSSR count). The van der Waals surface area contributed by atoms with Gasteiger partial charge in [-0.25, -0.2) is 0 Å². The van der Waals surface area contributed by atoms with Gasteiger partial charge in [0, 0.05) is 44.9 Å². The lowest BCUT2D eigenvalue weighted by Gasteiger charge is -2.14. The van der Waals surface area contributed by atoms with Crippen LogP contribution in [0.15, 0.2) is 18.2 Å². The first-order chi connectivity index (χ1) is 10.0. The molecule has 1 aromatic rings. The van der Waals surface area contributed by atoms with Crippen LogP contribution in [0.3, 0.4) is 0 Å². The summed E-state index contributed by atoms with van der Waals surface area (Å²) >= 11 is 6.01. The van der Waals surface area contributed by atoms with E-state index in [4.69, 9.17) is 21.1 Å². The smallest absolute Gasteiger partial charge is 0.225 e. The van der Waals surface area contributed by atoms with Crippen molar-refractivity contribution in [1.82, 2.24) is 10.2 Å². The van der Waals surface area contributed by atoms with E-state index >= 15 is 0 Å². The van der Waals surface area contributed by atoms with E-state index in [2.05, 4.69) is 5.32 Å². The molecule has 0 atom stereocenters. The van der Waals surface area contributed by atoms with Crippen molar-refractivity contribution in [2.75, 3.05) is 41.0 Å². The summed E-state index contributed by atoms with van der Waals surface area (Å²) in [5.74, 6) is 0.791. The van der Waals surface area contributed by atoms with Gasteiger partial charge in [-0.3, -0.25) is 4.79 Å². The first-order valence-electron chi connectivity index (χ1n) is 6.85. The molecule has 0 saturated heterocycles. The fraction of sp³-hybridized carbons (Fsp3) is 0.533. The molecule has 0 aliphatic carbocycles. The van der Waals surface area contributed by atoms with Crippen LogP contribution in [0.5, 0.6) is 5.75 Å². The molecule has 0 bridgehead atoms. The standard InChI is InChI=1S/C15H23ClN2O3/c1-18(2)15(19)6-8-21-14-5-4-13(16)10-12(14)11-17-7-9-20-3/h4-5,10,17H,6-9,11H2,1-3H3. The van der Waals surface area contributed by atoms with E-state index in [1.807, 2.05) is 12.1 Å². The second kappa shape index (κ2) is 9.60. The van der Waals surface area contributed by atoms with E-state index in [-0.39, 0.29) is 5.91 Å². The van der Waals surface area contributed by atoms with Crippen molar-refractivity contribution in [2.45, 2.75) is 13.0 Å². The minimum atomic E-state index is 0.0451. The molecule has 6 heteroatoms. The number of hydrogen-bond acceptors (Lipinski definition) is 4. The Labute approximate surface area is 131 Å². The summed E-state index contributed by atoms with van der Waals surface area (Å²) in [4.78, 5) is 13.1. The van der Waals surface area contributed by atoms with Crippen LogP contribution < -0.4 is 10.1 Å². The number of nitrogens with one attached hydrogen (secondary N) is 1. The first kappa shape index (κ1) is 17.8. The molecule has 0 aliphatic heterocycles. The predicted molar refractivity (Wildman–Crippen MR) is 83.8 cm³/mol. The van der Waals surface area contributed by atoms with Crippen LogP contribution in [0.25, 0.3) is 0 Å². The zero-order valence-corrected chi connectivity index (χ0v) is 13.6. The van der Waals surface area contributed by atoms with E-state index < -0.39 is 0 Å². The summed E-state index contributed by atoms with van der Waals surface area (Å²) < 4.78 is 10.7. The second-order valence-electron chi connectivity index (χ2n) is 4.81. The van der Waals surface area contributed by atoms with Gasteiger partial charge >= 0.3 is 0 Å². The number of ether oxygens (including phenoxy) is 2. The molecule has 0 unspecified atom stereocenters. The van der Waals surface area contributed by atoms with Crippen LogP contribution in [0.2, 0.25) is 5.02 Å². The Hall–Kier alpha value is -1.30. The molecule has 0 aromatic heterocycles. The fourth-order valence-electron chi connectivity index (χ4n) is 1.70. The molecule has 21 heavy (non-hydrogen) atoms. The monoisotopic (exact) mass is 314 g/mol. The van der Waals surface area contributed by atoms with Crippen LogP contribution >= 0.6 is 11.6 Å². The molecule has 0 heterocycles. The quantitative estimate of drug-likeness (QED) is 0.708. The Morgan fingerprint density at radius 2 is 2.10 bits per heavy atom. The van der Waals surface area contributed by atoms with Gasteiger partial charge in [0.25, 0.3) is 0 Å². The van der Waals surface area contributed by atoms with Crippen LogP contribution in [0.1, 0.15) is 12.0 Å². The van der Waals surface area contributed by atoms with Crippen molar-refractivity contribution in [1.29, 1.82) is 0 Å². The summed E-state index contributed by atoms with van der Waals surface area (Å²) in [6.07, 6.45) is 0.353. The molecule has 118 valence electrons. The largest absolute Gasteiger partial charge is 0.493 e. The van der Waals surface area contributed by atoms with E-state index in [9.17, 15) is 4.79 Å². The van der Waals surface area contributed by atoms with Gasteiger partial charge in [-0.15, -0.1) is 0 Å². The summed E-state index contributed by atoms with van der Waals surface area (Å²) in [6.45, 7) is 2.39. The third kappa shape index (κ3) is 6.80. The van der Waals surface area contributed by atoms with E-state index in [0.29, 0.717) is 31.2 Å². The third-order valence-corrected chi connectivity index (χ3v) is 3.13. The van der Waals surface area contributed by atoms with Crippen molar-refractivity contribution >= 4 is 17.5 Å². The lowest BCUT2D eigenvalue weighted by atomic mass is 10.2. The Morgan fingerprint density at radius 1 is 1.33 bits per heavy atom. The zero-order valence-electron chi connectivity index (χ0n) is 12.8. The fourth-order valence-corrected chi connectivity index (χ4v) is 1.89. The zero-order chi connectivity index (χ0) is 15.7. The topological polar surface area (TPSA) is 50.8 Å². The third-order valence-electron chi connectivity index (χ3n) is 2.89. The minimum absolute atomic E-state index is 0.0451. The van der Waals surface area contributed by atoms with E-state index in [1.54, 1.807) is 32.2 Å². The van der Waals surface area contributed by atoms with E-state index in [1.165, 1.54) is 0 Å². The number of benzene rings is 1. The maximum Gasteiger partial charge on any atom is 0.225 e. The highest BCUT2D eigenvalue weighted by Gasteiger charge is 2.07. The van der Waals surface area contributed by atoms with Gasteiger partial charge in [0.15, 0.2) is 0 Å². The molecule has 0 spiro atoms. The summed E-state index contributed by atoms with van der Waals surface area (Å²) in [5.41, 5.74) is 0.968. The Morgan fingerprint density at radius 3 is 2.76 bits per heavy atom. The molecule has 5 nitrogen and oxygen atoms in total. The first-order valence-corrected chi connectivity index (χ1v) is 7.23. The molecule has 0 aliphatic rings. The van der Waals surface area contributed by atoms with E-state index in [0.717, 1.165) is 17.9 Å². The highest BCUT2D eigenvalue weighted by atomic mass is 35.5. The number of halogens is 1. The van der Waals surface area contributed by atoms with Crippen LogP contribution in [0.4, 0.5) is 0 Å². The highest BCUT2D eigenvalue weighted by Crippen LogP contribution is 2.23. The Kier molecular flexibility index (Phi) is 8.12. The average Bonchev–Trinajstić information content (AvgIpc) is 2.45. The van der Waals surface area contributed by atoms with Crippen molar-refractivity contribution in [3.8, 4) is 5.75 Å². The minimum Gasteiger partial charge on any atom is -0.493 e. The average molecular weight is 315 g/mol. The van der Waals surface area contributed by atoms with Gasteiger partial charge < -0.3 is 19.7 Å².